The van der Waals surface area contributed by atoms with Gasteiger partial charge in [-0.05, 0) is 0 Å². The molecule has 0 amide bonds. The van der Waals surface area contributed by atoms with E-state index in [1.807, 2.05) is 0 Å². The van der Waals surface area contributed by atoms with Crippen LogP contribution in [0.1, 0.15) is 0 Å². The zero-order valence-corrected chi connectivity index (χ0v) is 6.49. The van der Waals surface area contributed by atoms with E-state index in [1.165, 1.54) is 0 Å². The summed E-state index contributed by atoms with van der Waals surface area (Å²) in [7, 11) is 2.31. The Morgan fingerprint density at radius 1 is 1.00 bits per heavy atom. The van der Waals surface area contributed by atoms with Crippen LogP contribution < -0.4 is 0 Å². The molecule has 0 atom stereocenters. The first-order valence-electron chi connectivity index (χ1n) is 1.82. The summed E-state index contributed by atoms with van der Waals surface area (Å²) >= 11 is -3.96. The number of hydrogen-bond acceptors (Lipinski definition) is 5. The molecule has 0 radical (unpaired) electrons. The number of rotatable bonds is 4. The van der Waals surface area contributed by atoms with Crippen LogP contribution in [0.3, 0.4) is 0 Å². The van der Waals surface area contributed by atoms with Crippen molar-refractivity contribution >= 4 is 22.7 Å². The van der Waals surface area contributed by atoms with Crippen molar-refractivity contribution in [2.45, 2.75) is 0 Å². The monoisotopic (exact) mass is 174 g/mol. The molecule has 0 saturated heterocycles. The van der Waals surface area contributed by atoms with Crippen LogP contribution in [0, 0.1) is 0 Å². The van der Waals surface area contributed by atoms with Gasteiger partial charge in [-0.25, -0.2) is 0 Å². The first kappa shape index (κ1) is 9.18. The SMILES string of the molecule is COS(=O)OS(=O)OC. The largest absolute Gasteiger partial charge is 0.320 e. The Bertz CT molecular complexity index is 108. The maximum atomic E-state index is 10.2. The standard InChI is InChI=1S/C2H6O5S2/c1-5-8(3)7-9(4)6-2/h1-2H3. The summed E-state index contributed by atoms with van der Waals surface area (Å²) in [6.45, 7) is 0. The second kappa shape index (κ2) is 5.00. The average molecular weight is 174 g/mol. The highest BCUT2D eigenvalue weighted by Crippen LogP contribution is 1.91. The molecule has 0 spiro atoms. The highest BCUT2D eigenvalue weighted by Gasteiger charge is 2.03. The van der Waals surface area contributed by atoms with Gasteiger partial charge in [0, 0.05) is 0 Å². The van der Waals surface area contributed by atoms with Crippen LogP contribution in [-0.2, 0) is 34.7 Å². The van der Waals surface area contributed by atoms with Gasteiger partial charge in [0.2, 0.25) is 0 Å². The Hall–Kier alpha value is 0.180. The van der Waals surface area contributed by atoms with Gasteiger partial charge in [0.1, 0.15) is 0 Å². The van der Waals surface area contributed by atoms with E-state index >= 15 is 0 Å². The lowest BCUT2D eigenvalue weighted by molar-refractivity contribution is 0.351. The minimum atomic E-state index is -1.98. The molecule has 5 nitrogen and oxygen atoms in total. The zero-order valence-electron chi connectivity index (χ0n) is 4.86. The molecular weight excluding hydrogens is 168 g/mol. The van der Waals surface area contributed by atoms with Crippen LogP contribution in [0.5, 0.6) is 0 Å². The molecule has 0 fully saturated rings. The van der Waals surface area contributed by atoms with Gasteiger partial charge < -0.3 is 0 Å². The predicted octanol–water partition coefficient (Wildman–Crippen LogP) is -0.547. The summed E-state index contributed by atoms with van der Waals surface area (Å²) < 4.78 is 32.6. The summed E-state index contributed by atoms with van der Waals surface area (Å²) in [5, 5.41) is 0. The molecule has 0 bridgehead atoms. The van der Waals surface area contributed by atoms with E-state index in [0.717, 1.165) is 14.2 Å². The molecule has 0 aliphatic rings. The molecule has 9 heavy (non-hydrogen) atoms. The van der Waals surface area contributed by atoms with Crippen molar-refractivity contribution in [2.24, 2.45) is 0 Å². The smallest absolute Gasteiger partial charge is 0.271 e. The van der Waals surface area contributed by atoms with Gasteiger partial charge in [0.05, 0.1) is 14.2 Å². The Kier molecular flexibility index (Phi) is 5.10. The van der Waals surface area contributed by atoms with Gasteiger partial charge in [0.25, 0.3) is 0 Å². The maximum absolute atomic E-state index is 10.2. The topological polar surface area (TPSA) is 61.8 Å². The van der Waals surface area contributed by atoms with E-state index < -0.39 is 22.7 Å². The van der Waals surface area contributed by atoms with E-state index in [2.05, 4.69) is 12.0 Å². The molecule has 0 heterocycles. The van der Waals surface area contributed by atoms with Crippen molar-refractivity contribution in [1.29, 1.82) is 0 Å². The maximum Gasteiger partial charge on any atom is 0.320 e. The molecule has 0 aromatic heterocycles. The minimum Gasteiger partial charge on any atom is -0.271 e. The van der Waals surface area contributed by atoms with E-state index in [0.29, 0.717) is 0 Å². The lowest BCUT2D eigenvalue weighted by Gasteiger charge is -1.94. The van der Waals surface area contributed by atoms with Gasteiger partial charge in [-0.1, -0.05) is 0 Å². The van der Waals surface area contributed by atoms with Crippen LogP contribution in [0.15, 0.2) is 0 Å². The van der Waals surface area contributed by atoms with Crippen molar-refractivity contribution in [3.05, 3.63) is 0 Å². The fourth-order valence-electron chi connectivity index (χ4n) is 0.101. The third-order valence-electron chi connectivity index (χ3n) is 0.383. The van der Waals surface area contributed by atoms with Crippen LogP contribution in [0.2, 0.25) is 0 Å². The van der Waals surface area contributed by atoms with Crippen molar-refractivity contribution < 1.29 is 20.4 Å². The molecule has 0 aliphatic carbocycles. The van der Waals surface area contributed by atoms with E-state index in [9.17, 15) is 8.42 Å². The minimum absolute atomic E-state index is 1.16. The first-order chi connectivity index (χ1) is 4.20. The van der Waals surface area contributed by atoms with E-state index in [1.54, 1.807) is 0 Å². The Labute approximate surface area is 58.0 Å². The molecule has 0 aliphatic heterocycles. The van der Waals surface area contributed by atoms with Gasteiger partial charge in [-0.2, -0.15) is 8.42 Å². The average Bonchev–Trinajstić information content (AvgIpc) is 1.87. The fraction of sp³-hybridized carbons (Fsp3) is 1.00. The molecular formula is C2H6O5S2. The van der Waals surface area contributed by atoms with E-state index in [-0.39, 0.29) is 0 Å². The molecule has 56 valence electrons. The van der Waals surface area contributed by atoms with Crippen molar-refractivity contribution in [3.8, 4) is 0 Å². The third-order valence-corrected chi connectivity index (χ3v) is 1.82. The zero-order chi connectivity index (χ0) is 7.28. The highest BCUT2D eigenvalue weighted by atomic mass is 32.3. The van der Waals surface area contributed by atoms with Crippen molar-refractivity contribution in [1.82, 2.24) is 0 Å². The Morgan fingerprint density at radius 3 is 1.56 bits per heavy atom. The molecule has 0 rings (SSSR count). The van der Waals surface area contributed by atoms with Gasteiger partial charge in [-0.15, -0.1) is 3.63 Å². The molecule has 0 aromatic rings. The molecule has 0 unspecified atom stereocenters. The lowest BCUT2D eigenvalue weighted by Crippen LogP contribution is -2.03. The second-order valence-corrected chi connectivity index (χ2v) is 2.84. The predicted molar refractivity (Wildman–Crippen MR) is 31.4 cm³/mol. The highest BCUT2D eigenvalue weighted by molar-refractivity contribution is 7.88. The fourth-order valence-corrected chi connectivity index (χ4v) is 0.908. The number of hydrogen-bond donors (Lipinski definition) is 0. The van der Waals surface area contributed by atoms with Crippen molar-refractivity contribution in [3.63, 3.8) is 0 Å². The summed E-state index contributed by atoms with van der Waals surface area (Å²) in [6.07, 6.45) is 0. The summed E-state index contributed by atoms with van der Waals surface area (Å²) in [6, 6.07) is 0. The van der Waals surface area contributed by atoms with Crippen LogP contribution in [0.25, 0.3) is 0 Å². The molecule has 0 saturated carbocycles. The van der Waals surface area contributed by atoms with Gasteiger partial charge in [-0.3, -0.25) is 8.37 Å². The third kappa shape index (κ3) is 4.67. The van der Waals surface area contributed by atoms with Gasteiger partial charge >= 0.3 is 22.7 Å². The quantitative estimate of drug-likeness (QED) is 0.572. The van der Waals surface area contributed by atoms with E-state index in [4.69, 9.17) is 0 Å². The molecule has 0 aromatic carbocycles. The van der Waals surface area contributed by atoms with Crippen LogP contribution >= 0.6 is 0 Å². The van der Waals surface area contributed by atoms with Crippen LogP contribution in [-0.4, -0.2) is 22.6 Å². The van der Waals surface area contributed by atoms with Crippen LogP contribution in [0.4, 0.5) is 0 Å². The normalized spacial score (nSPS) is 17.1. The molecule has 7 heteroatoms. The summed E-state index contributed by atoms with van der Waals surface area (Å²) in [4.78, 5) is 0. The lowest BCUT2D eigenvalue weighted by atomic mass is 11.8. The first-order valence-corrected chi connectivity index (χ1v) is 3.82. The summed E-state index contributed by atoms with van der Waals surface area (Å²) in [5.74, 6) is 0. The summed E-state index contributed by atoms with van der Waals surface area (Å²) in [5.41, 5.74) is 0. The second-order valence-electron chi connectivity index (χ2n) is 0.810. The Morgan fingerprint density at radius 2 is 1.33 bits per heavy atom. The Balaban J connectivity index is 3.47. The van der Waals surface area contributed by atoms with Crippen molar-refractivity contribution in [2.75, 3.05) is 14.2 Å². The molecule has 0 N–H and O–H groups in total. The van der Waals surface area contributed by atoms with Gasteiger partial charge in [0.15, 0.2) is 0 Å².